The van der Waals surface area contributed by atoms with Crippen LogP contribution in [-0.4, -0.2) is 11.0 Å². The smallest absolute Gasteiger partial charge is 0.434 e. The topological polar surface area (TPSA) is 38.1 Å². The van der Waals surface area contributed by atoms with Gasteiger partial charge >= 0.3 is 6.18 Å². The lowest BCUT2D eigenvalue weighted by Gasteiger charge is -2.09. The Bertz CT molecular complexity index is 532. The molecular weight excluding hydrogens is 277 g/mol. The van der Waals surface area contributed by atoms with Gasteiger partial charge in [0.05, 0.1) is 11.1 Å². The summed E-state index contributed by atoms with van der Waals surface area (Å²) < 4.78 is 43.6. The van der Waals surface area contributed by atoms with Crippen molar-refractivity contribution in [2.24, 2.45) is 0 Å². The molecule has 2 aromatic rings. The molecule has 7 heteroatoms. The molecule has 0 aliphatic heterocycles. The molecule has 0 saturated heterocycles. The van der Waals surface area contributed by atoms with E-state index in [0.29, 0.717) is 10.6 Å². The van der Waals surface area contributed by atoms with Crippen LogP contribution in [0.2, 0.25) is 0 Å². The largest absolute Gasteiger partial charge is 0.472 e. The van der Waals surface area contributed by atoms with Crippen LogP contribution in [0.5, 0.6) is 0 Å². The molecule has 0 fully saturated rings. The van der Waals surface area contributed by atoms with E-state index in [1.54, 1.807) is 6.07 Å². The SMILES string of the molecule is CC(C)NCc1sc(-c2ccoc2)nc1C(F)(F)F. The minimum Gasteiger partial charge on any atom is -0.472 e. The zero-order chi connectivity index (χ0) is 14.0. The molecule has 2 heterocycles. The van der Waals surface area contributed by atoms with Crippen molar-refractivity contribution in [3.8, 4) is 10.6 Å². The lowest BCUT2D eigenvalue weighted by Crippen LogP contribution is -2.23. The molecule has 0 saturated carbocycles. The summed E-state index contributed by atoms with van der Waals surface area (Å²) in [5.74, 6) is 0. The van der Waals surface area contributed by atoms with Crippen LogP contribution in [0.4, 0.5) is 13.2 Å². The first-order valence-corrected chi connectivity index (χ1v) is 6.52. The third kappa shape index (κ3) is 3.36. The lowest BCUT2D eigenvalue weighted by molar-refractivity contribution is -0.141. The number of nitrogens with zero attached hydrogens (tertiary/aromatic N) is 1. The Morgan fingerprint density at radius 3 is 2.68 bits per heavy atom. The molecule has 0 atom stereocenters. The Kier molecular flexibility index (Phi) is 3.96. The third-order valence-electron chi connectivity index (χ3n) is 2.40. The number of alkyl halides is 3. The maximum atomic E-state index is 12.9. The van der Waals surface area contributed by atoms with Crippen molar-refractivity contribution in [1.82, 2.24) is 10.3 Å². The quantitative estimate of drug-likeness (QED) is 0.927. The van der Waals surface area contributed by atoms with Gasteiger partial charge in [0.2, 0.25) is 0 Å². The minimum atomic E-state index is -4.44. The van der Waals surface area contributed by atoms with Gasteiger partial charge in [-0.15, -0.1) is 11.3 Å². The summed E-state index contributed by atoms with van der Waals surface area (Å²) in [6, 6.07) is 1.71. The standard InChI is InChI=1S/C12H13F3N2OS/c1-7(2)16-5-9-10(12(13,14)15)17-11(19-9)8-3-4-18-6-8/h3-4,6-7,16H,5H2,1-2H3. The molecule has 0 spiro atoms. The van der Waals surface area contributed by atoms with E-state index in [0.717, 1.165) is 11.3 Å². The number of hydrogen-bond donors (Lipinski definition) is 1. The summed E-state index contributed by atoms with van der Waals surface area (Å²) in [4.78, 5) is 3.89. The fourth-order valence-electron chi connectivity index (χ4n) is 1.50. The molecule has 3 nitrogen and oxygen atoms in total. The monoisotopic (exact) mass is 290 g/mol. The second kappa shape index (κ2) is 5.34. The highest BCUT2D eigenvalue weighted by atomic mass is 32.1. The van der Waals surface area contributed by atoms with Gasteiger partial charge in [-0.1, -0.05) is 13.8 Å². The highest BCUT2D eigenvalue weighted by Crippen LogP contribution is 2.37. The number of thiazole rings is 1. The van der Waals surface area contributed by atoms with Crippen LogP contribution in [-0.2, 0) is 12.7 Å². The zero-order valence-corrected chi connectivity index (χ0v) is 11.2. The van der Waals surface area contributed by atoms with Gasteiger partial charge in [0, 0.05) is 18.2 Å². The Hall–Kier alpha value is -1.34. The normalized spacial score (nSPS) is 12.3. The van der Waals surface area contributed by atoms with Gasteiger partial charge in [0.25, 0.3) is 0 Å². The number of halogens is 3. The predicted molar refractivity (Wildman–Crippen MR) is 66.8 cm³/mol. The maximum Gasteiger partial charge on any atom is 0.434 e. The molecule has 104 valence electrons. The van der Waals surface area contributed by atoms with Crippen molar-refractivity contribution >= 4 is 11.3 Å². The summed E-state index contributed by atoms with van der Waals surface area (Å²) >= 11 is 1.03. The molecule has 0 unspecified atom stereocenters. The average molecular weight is 290 g/mol. The van der Waals surface area contributed by atoms with Crippen molar-refractivity contribution in [2.45, 2.75) is 32.6 Å². The third-order valence-corrected chi connectivity index (χ3v) is 3.51. The molecule has 19 heavy (non-hydrogen) atoms. The number of nitrogens with one attached hydrogen (secondary N) is 1. The van der Waals surface area contributed by atoms with Crippen molar-refractivity contribution in [3.05, 3.63) is 29.2 Å². The molecule has 0 radical (unpaired) electrons. The summed E-state index contributed by atoms with van der Waals surface area (Å²) in [6.07, 6.45) is -1.64. The second-order valence-electron chi connectivity index (χ2n) is 4.34. The van der Waals surface area contributed by atoms with Gasteiger partial charge in [0.1, 0.15) is 11.3 Å². The molecule has 1 N–H and O–H groups in total. The summed E-state index contributed by atoms with van der Waals surface area (Å²) in [5.41, 5.74) is -0.256. The second-order valence-corrected chi connectivity index (χ2v) is 5.42. The van der Waals surface area contributed by atoms with Gasteiger partial charge in [-0.3, -0.25) is 0 Å². The number of furan rings is 1. The first kappa shape index (κ1) is 14.1. The zero-order valence-electron chi connectivity index (χ0n) is 10.4. The first-order valence-electron chi connectivity index (χ1n) is 5.70. The fraction of sp³-hybridized carbons (Fsp3) is 0.417. The number of hydrogen-bond acceptors (Lipinski definition) is 4. The van der Waals surface area contributed by atoms with Gasteiger partial charge < -0.3 is 9.73 Å². The highest BCUT2D eigenvalue weighted by Gasteiger charge is 2.37. The van der Waals surface area contributed by atoms with Crippen LogP contribution in [0.25, 0.3) is 10.6 Å². The van der Waals surface area contributed by atoms with E-state index in [-0.39, 0.29) is 17.5 Å². The van der Waals surface area contributed by atoms with Crippen LogP contribution in [0.15, 0.2) is 23.0 Å². The predicted octanol–water partition coefficient (Wildman–Crippen LogP) is 3.92. The van der Waals surface area contributed by atoms with Crippen molar-refractivity contribution < 1.29 is 17.6 Å². The summed E-state index contributed by atoms with van der Waals surface area (Å²) in [5, 5.41) is 3.30. The number of rotatable bonds is 4. The van der Waals surface area contributed by atoms with E-state index in [9.17, 15) is 13.2 Å². The van der Waals surface area contributed by atoms with E-state index in [4.69, 9.17) is 4.42 Å². The molecule has 0 amide bonds. The first-order chi connectivity index (χ1) is 8.88. The molecular formula is C12H13F3N2OS. The van der Waals surface area contributed by atoms with Crippen LogP contribution >= 0.6 is 11.3 Å². The number of aromatic nitrogens is 1. The molecule has 0 aliphatic rings. The fourth-order valence-corrected chi connectivity index (χ4v) is 2.52. The molecule has 0 aromatic carbocycles. The van der Waals surface area contributed by atoms with Gasteiger partial charge in [-0.05, 0) is 6.07 Å². The van der Waals surface area contributed by atoms with E-state index >= 15 is 0 Å². The maximum absolute atomic E-state index is 12.9. The Morgan fingerprint density at radius 2 is 2.16 bits per heavy atom. The van der Waals surface area contributed by atoms with E-state index in [1.807, 2.05) is 13.8 Å². The molecule has 0 bridgehead atoms. The molecule has 2 aromatic heterocycles. The van der Waals surface area contributed by atoms with Crippen LogP contribution in [0.1, 0.15) is 24.4 Å². The van der Waals surface area contributed by atoms with E-state index in [1.165, 1.54) is 12.5 Å². The average Bonchev–Trinajstić information content (AvgIpc) is 2.94. The van der Waals surface area contributed by atoms with Crippen LogP contribution < -0.4 is 5.32 Å². The summed E-state index contributed by atoms with van der Waals surface area (Å²) in [7, 11) is 0. The molecule has 2 rings (SSSR count). The van der Waals surface area contributed by atoms with Crippen molar-refractivity contribution in [1.29, 1.82) is 0 Å². The summed E-state index contributed by atoms with van der Waals surface area (Å²) in [6.45, 7) is 3.92. The van der Waals surface area contributed by atoms with E-state index in [2.05, 4.69) is 10.3 Å². The Morgan fingerprint density at radius 1 is 1.42 bits per heavy atom. The van der Waals surface area contributed by atoms with Crippen LogP contribution in [0, 0.1) is 0 Å². The highest BCUT2D eigenvalue weighted by molar-refractivity contribution is 7.15. The Balaban J connectivity index is 2.34. The van der Waals surface area contributed by atoms with Crippen LogP contribution in [0.3, 0.4) is 0 Å². The van der Waals surface area contributed by atoms with Crippen molar-refractivity contribution in [2.75, 3.05) is 0 Å². The minimum absolute atomic E-state index is 0.112. The van der Waals surface area contributed by atoms with Crippen molar-refractivity contribution in [3.63, 3.8) is 0 Å². The molecule has 0 aliphatic carbocycles. The van der Waals surface area contributed by atoms with Gasteiger partial charge in [-0.25, -0.2) is 4.98 Å². The van der Waals surface area contributed by atoms with E-state index < -0.39 is 11.9 Å². The lowest BCUT2D eigenvalue weighted by atomic mass is 10.3. The van der Waals surface area contributed by atoms with Gasteiger partial charge in [0.15, 0.2) is 5.69 Å². The Labute approximate surface area is 112 Å². The van der Waals surface area contributed by atoms with Gasteiger partial charge in [-0.2, -0.15) is 13.2 Å².